The zero-order valence-corrected chi connectivity index (χ0v) is 15.7. The van der Waals surface area contributed by atoms with Gasteiger partial charge in [-0.25, -0.2) is 9.97 Å². The van der Waals surface area contributed by atoms with Crippen LogP contribution in [0.5, 0.6) is 0 Å². The Hall–Kier alpha value is -2.80. The van der Waals surface area contributed by atoms with Gasteiger partial charge >= 0.3 is 0 Å². The number of pyridine rings is 1. The van der Waals surface area contributed by atoms with Crippen LogP contribution in [0.15, 0.2) is 41.3 Å². The molecule has 0 spiro atoms. The number of hydrogen-bond donors (Lipinski definition) is 1. The Labute approximate surface area is 156 Å². The Balaban J connectivity index is 1.59. The van der Waals surface area contributed by atoms with Gasteiger partial charge in [0.1, 0.15) is 5.76 Å². The molecule has 0 fully saturated rings. The third kappa shape index (κ3) is 4.86. The van der Waals surface area contributed by atoms with E-state index in [9.17, 15) is 4.79 Å². The molecule has 134 valence electrons. The number of hydrogen-bond acceptors (Lipinski definition) is 6. The lowest BCUT2D eigenvalue weighted by atomic mass is 9.94. The Bertz CT molecular complexity index is 907. The van der Waals surface area contributed by atoms with Crippen LogP contribution in [0, 0.1) is 0 Å². The van der Waals surface area contributed by atoms with Gasteiger partial charge in [-0.1, -0.05) is 38.2 Å². The van der Waals surface area contributed by atoms with Crippen molar-refractivity contribution in [2.24, 2.45) is 0 Å². The van der Waals surface area contributed by atoms with Gasteiger partial charge in [0, 0.05) is 35.0 Å². The lowest BCUT2D eigenvalue weighted by Crippen LogP contribution is -2.14. The first-order valence-electron chi connectivity index (χ1n) is 8.19. The SMILES string of the molecule is CC(C)(C)c1cnc(/C=C\c2cnc(NC(=O)Cc3cccnc3)s2)o1. The zero-order valence-electron chi connectivity index (χ0n) is 14.9. The van der Waals surface area contributed by atoms with Gasteiger partial charge < -0.3 is 9.73 Å². The van der Waals surface area contributed by atoms with Gasteiger partial charge in [0.25, 0.3) is 0 Å². The molecule has 0 aliphatic heterocycles. The number of rotatable bonds is 5. The summed E-state index contributed by atoms with van der Waals surface area (Å²) in [6.45, 7) is 6.22. The highest BCUT2D eigenvalue weighted by molar-refractivity contribution is 7.16. The molecule has 0 radical (unpaired) electrons. The molecule has 6 nitrogen and oxygen atoms in total. The van der Waals surface area contributed by atoms with Gasteiger partial charge in [0.05, 0.1) is 12.6 Å². The van der Waals surface area contributed by atoms with Crippen molar-refractivity contribution >= 4 is 34.5 Å². The molecule has 26 heavy (non-hydrogen) atoms. The molecule has 1 N–H and O–H groups in total. The lowest BCUT2D eigenvalue weighted by Gasteiger charge is -2.12. The van der Waals surface area contributed by atoms with E-state index in [1.54, 1.807) is 30.9 Å². The summed E-state index contributed by atoms with van der Waals surface area (Å²) in [7, 11) is 0. The van der Waals surface area contributed by atoms with Crippen molar-refractivity contribution < 1.29 is 9.21 Å². The third-order valence-electron chi connectivity index (χ3n) is 3.51. The van der Waals surface area contributed by atoms with Crippen molar-refractivity contribution in [1.82, 2.24) is 15.0 Å². The van der Waals surface area contributed by atoms with Crippen LogP contribution in [0.4, 0.5) is 5.13 Å². The molecule has 7 heteroatoms. The van der Waals surface area contributed by atoms with Crippen LogP contribution in [0.2, 0.25) is 0 Å². The first-order valence-corrected chi connectivity index (χ1v) is 9.01. The molecule has 0 saturated carbocycles. The second-order valence-electron chi connectivity index (χ2n) is 6.80. The number of carbonyl (C=O) groups excluding carboxylic acids is 1. The molecule has 0 saturated heterocycles. The summed E-state index contributed by atoms with van der Waals surface area (Å²) < 4.78 is 5.72. The Morgan fingerprint density at radius 3 is 2.77 bits per heavy atom. The second kappa shape index (κ2) is 7.61. The topological polar surface area (TPSA) is 80.9 Å². The highest BCUT2D eigenvalue weighted by atomic mass is 32.1. The van der Waals surface area contributed by atoms with E-state index >= 15 is 0 Å². The number of amides is 1. The van der Waals surface area contributed by atoms with Gasteiger partial charge in [-0.2, -0.15) is 0 Å². The van der Waals surface area contributed by atoms with Crippen molar-refractivity contribution in [2.75, 3.05) is 5.32 Å². The van der Waals surface area contributed by atoms with E-state index in [0.717, 1.165) is 16.2 Å². The molecule has 1 amide bonds. The Kier molecular flexibility index (Phi) is 5.27. The fourth-order valence-corrected chi connectivity index (χ4v) is 2.87. The fourth-order valence-electron chi connectivity index (χ4n) is 2.14. The van der Waals surface area contributed by atoms with Crippen molar-refractivity contribution in [2.45, 2.75) is 32.6 Å². The predicted molar refractivity (Wildman–Crippen MR) is 103 cm³/mol. The van der Waals surface area contributed by atoms with E-state index in [0.29, 0.717) is 11.0 Å². The maximum Gasteiger partial charge on any atom is 0.230 e. The monoisotopic (exact) mass is 368 g/mol. The van der Waals surface area contributed by atoms with Crippen LogP contribution >= 0.6 is 11.3 Å². The van der Waals surface area contributed by atoms with E-state index < -0.39 is 0 Å². The van der Waals surface area contributed by atoms with Crippen molar-refractivity contribution in [3.05, 3.63) is 59.0 Å². The molecule has 0 aliphatic rings. The minimum absolute atomic E-state index is 0.0741. The first-order chi connectivity index (χ1) is 12.4. The summed E-state index contributed by atoms with van der Waals surface area (Å²) >= 11 is 1.39. The molecule has 0 unspecified atom stereocenters. The van der Waals surface area contributed by atoms with E-state index in [4.69, 9.17) is 4.42 Å². The summed E-state index contributed by atoms with van der Waals surface area (Å²) in [5.41, 5.74) is 0.787. The van der Waals surface area contributed by atoms with E-state index in [-0.39, 0.29) is 17.7 Å². The van der Waals surface area contributed by atoms with Crippen LogP contribution in [-0.2, 0) is 16.6 Å². The van der Waals surface area contributed by atoms with E-state index in [1.807, 2.05) is 18.2 Å². The molecular formula is C19H20N4O2S. The summed E-state index contributed by atoms with van der Waals surface area (Å²) in [6.07, 6.45) is 10.7. The summed E-state index contributed by atoms with van der Waals surface area (Å²) in [5.74, 6) is 1.26. The number of nitrogens with one attached hydrogen (secondary N) is 1. The number of thiazole rings is 1. The molecule has 3 heterocycles. The summed E-state index contributed by atoms with van der Waals surface area (Å²) in [6, 6.07) is 3.67. The molecule has 3 aromatic rings. The van der Waals surface area contributed by atoms with E-state index in [1.165, 1.54) is 11.3 Å². The van der Waals surface area contributed by atoms with Gasteiger partial charge in [-0.05, 0) is 17.7 Å². The Morgan fingerprint density at radius 1 is 1.23 bits per heavy atom. The van der Waals surface area contributed by atoms with Gasteiger partial charge in [0.15, 0.2) is 5.13 Å². The van der Waals surface area contributed by atoms with E-state index in [2.05, 4.69) is 41.0 Å². The molecule has 0 aromatic carbocycles. The molecule has 3 aromatic heterocycles. The van der Waals surface area contributed by atoms with Gasteiger partial charge in [-0.15, -0.1) is 0 Å². The Morgan fingerprint density at radius 2 is 2.08 bits per heavy atom. The number of nitrogens with zero attached hydrogens (tertiary/aromatic N) is 3. The normalized spacial score (nSPS) is 11.8. The minimum Gasteiger partial charge on any atom is -0.441 e. The average Bonchev–Trinajstić information content (AvgIpc) is 3.22. The predicted octanol–water partition coefficient (Wildman–Crippen LogP) is 4.18. The van der Waals surface area contributed by atoms with Crippen LogP contribution < -0.4 is 5.32 Å². The second-order valence-corrected chi connectivity index (χ2v) is 7.86. The smallest absolute Gasteiger partial charge is 0.230 e. The highest BCUT2D eigenvalue weighted by Gasteiger charge is 2.18. The van der Waals surface area contributed by atoms with Crippen LogP contribution in [0.25, 0.3) is 12.2 Å². The highest BCUT2D eigenvalue weighted by Crippen LogP contribution is 2.24. The van der Waals surface area contributed by atoms with Gasteiger partial charge in [0.2, 0.25) is 11.8 Å². The fraction of sp³-hybridized carbons (Fsp3) is 0.263. The first kappa shape index (κ1) is 18.0. The van der Waals surface area contributed by atoms with Crippen molar-refractivity contribution in [1.29, 1.82) is 0 Å². The van der Waals surface area contributed by atoms with Gasteiger partial charge in [-0.3, -0.25) is 9.78 Å². The quantitative estimate of drug-likeness (QED) is 0.731. The van der Waals surface area contributed by atoms with Crippen molar-refractivity contribution in [3.63, 3.8) is 0 Å². The molecule has 0 atom stereocenters. The van der Waals surface area contributed by atoms with Crippen LogP contribution in [0.3, 0.4) is 0 Å². The summed E-state index contributed by atoms with van der Waals surface area (Å²) in [5, 5.41) is 3.36. The molecule has 0 aliphatic carbocycles. The third-order valence-corrected chi connectivity index (χ3v) is 4.39. The van der Waals surface area contributed by atoms with Crippen LogP contribution in [-0.4, -0.2) is 20.9 Å². The average molecular weight is 368 g/mol. The number of oxazole rings is 1. The number of anilines is 1. The van der Waals surface area contributed by atoms with Crippen LogP contribution in [0.1, 0.15) is 42.9 Å². The standard InChI is InChI=1S/C19H20N4O2S/c1-19(2,3)15-12-21-17(25-15)7-6-14-11-22-18(26-14)23-16(24)9-13-5-4-8-20-10-13/h4-8,10-12H,9H2,1-3H3,(H,22,23,24)/b7-6-. The largest absolute Gasteiger partial charge is 0.441 e. The summed E-state index contributed by atoms with van der Waals surface area (Å²) in [4.78, 5) is 25.4. The zero-order chi connectivity index (χ0) is 18.6. The molecular weight excluding hydrogens is 348 g/mol. The number of carbonyl (C=O) groups is 1. The lowest BCUT2D eigenvalue weighted by molar-refractivity contribution is -0.115. The molecule has 0 bridgehead atoms. The van der Waals surface area contributed by atoms with Crippen molar-refractivity contribution in [3.8, 4) is 0 Å². The minimum atomic E-state index is -0.120. The maximum absolute atomic E-state index is 12.1. The number of aromatic nitrogens is 3. The maximum atomic E-state index is 12.1. The molecule has 3 rings (SSSR count).